The number of aliphatic hydroxyl groups is 1. The minimum atomic E-state index is -0.347. The second-order valence-corrected chi connectivity index (χ2v) is 6.20. The Morgan fingerprint density at radius 2 is 2.32 bits per heavy atom. The molecule has 0 aliphatic rings. The molecule has 5 heteroatoms. The molecule has 2 aromatic rings. The summed E-state index contributed by atoms with van der Waals surface area (Å²) in [6.07, 6.45) is 3.07. The summed E-state index contributed by atoms with van der Waals surface area (Å²) in [5.41, 5.74) is 1.87. The van der Waals surface area contributed by atoms with Crippen molar-refractivity contribution in [2.45, 2.75) is 38.7 Å². The van der Waals surface area contributed by atoms with E-state index in [0.29, 0.717) is 11.6 Å². The largest absolute Gasteiger partial charge is 0.393 e. The van der Waals surface area contributed by atoms with Gasteiger partial charge in [-0.3, -0.25) is 4.68 Å². The summed E-state index contributed by atoms with van der Waals surface area (Å²) in [5.74, 6) is 0. The molecule has 0 aromatic carbocycles. The Labute approximate surface area is 122 Å². The van der Waals surface area contributed by atoms with Gasteiger partial charge in [0.25, 0.3) is 0 Å². The van der Waals surface area contributed by atoms with Crippen molar-refractivity contribution in [2.75, 3.05) is 0 Å². The number of halogens is 1. The Bertz CT molecular complexity index is 522. The van der Waals surface area contributed by atoms with Crippen LogP contribution in [0.2, 0.25) is 5.15 Å². The Hall–Kier alpha value is -0.840. The zero-order valence-electron chi connectivity index (χ0n) is 11.3. The predicted molar refractivity (Wildman–Crippen MR) is 79.9 cm³/mol. The van der Waals surface area contributed by atoms with Crippen LogP contribution >= 0.6 is 22.9 Å². The number of aliphatic hydroxyl groups excluding tert-OH is 1. The molecule has 0 saturated carbocycles. The second-order valence-electron chi connectivity index (χ2n) is 4.81. The molecule has 19 heavy (non-hydrogen) atoms. The molecule has 2 aromatic heterocycles. The molecule has 0 fully saturated rings. The van der Waals surface area contributed by atoms with Gasteiger partial charge >= 0.3 is 0 Å². The lowest BCUT2D eigenvalue weighted by molar-refractivity contribution is 0.162. The average molecular weight is 299 g/mol. The lowest BCUT2D eigenvalue weighted by Crippen LogP contribution is -2.11. The summed E-state index contributed by atoms with van der Waals surface area (Å²) in [6.45, 7) is 1.93. The van der Waals surface area contributed by atoms with E-state index in [9.17, 15) is 5.11 Å². The first-order valence-electron chi connectivity index (χ1n) is 6.46. The molecule has 3 nitrogen and oxygen atoms in total. The fourth-order valence-electron chi connectivity index (χ4n) is 2.21. The molecule has 2 heterocycles. The van der Waals surface area contributed by atoms with Crippen molar-refractivity contribution in [1.29, 1.82) is 0 Å². The molecular weight excluding hydrogens is 280 g/mol. The van der Waals surface area contributed by atoms with E-state index in [-0.39, 0.29) is 6.10 Å². The van der Waals surface area contributed by atoms with E-state index < -0.39 is 0 Å². The predicted octanol–water partition coefficient (Wildman–Crippen LogP) is 3.37. The van der Waals surface area contributed by atoms with E-state index in [2.05, 4.69) is 22.6 Å². The smallest absolute Gasteiger partial charge is 0.130 e. The van der Waals surface area contributed by atoms with Crippen LogP contribution in [0.1, 0.15) is 29.0 Å². The molecule has 0 aliphatic heterocycles. The van der Waals surface area contributed by atoms with Crippen LogP contribution in [0.5, 0.6) is 0 Å². The zero-order chi connectivity index (χ0) is 13.8. The maximum atomic E-state index is 10.1. The summed E-state index contributed by atoms with van der Waals surface area (Å²) < 4.78 is 1.66. The molecular formula is C14H19ClN2OS. The van der Waals surface area contributed by atoms with E-state index in [1.54, 1.807) is 16.0 Å². The highest BCUT2D eigenvalue weighted by Crippen LogP contribution is 2.22. The van der Waals surface area contributed by atoms with Crippen molar-refractivity contribution in [3.05, 3.63) is 38.8 Å². The van der Waals surface area contributed by atoms with Gasteiger partial charge < -0.3 is 5.11 Å². The number of hydrogen-bond donors (Lipinski definition) is 1. The van der Waals surface area contributed by atoms with Gasteiger partial charge in [-0.15, -0.1) is 11.3 Å². The normalized spacial score (nSPS) is 12.8. The van der Waals surface area contributed by atoms with Gasteiger partial charge in [-0.25, -0.2) is 0 Å². The van der Waals surface area contributed by atoms with Gasteiger partial charge in [0.15, 0.2) is 0 Å². The third-order valence-electron chi connectivity index (χ3n) is 3.25. The Morgan fingerprint density at radius 1 is 1.53 bits per heavy atom. The van der Waals surface area contributed by atoms with Crippen LogP contribution in [0.15, 0.2) is 17.5 Å². The highest BCUT2D eigenvalue weighted by atomic mass is 35.5. The van der Waals surface area contributed by atoms with E-state index in [4.69, 9.17) is 11.6 Å². The van der Waals surface area contributed by atoms with Crippen molar-refractivity contribution < 1.29 is 5.11 Å². The summed E-state index contributed by atoms with van der Waals surface area (Å²) in [7, 11) is 1.82. The van der Waals surface area contributed by atoms with Gasteiger partial charge in [0.1, 0.15) is 5.15 Å². The fourth-order valence-corrected chi connectivity index (χ4v) is 3.21. The van der Waals surface area contributed by atoms with E-state index in [0.717, 1.165) is 30.5 Å². The molecule has 1 N–H and O–H groups in total. The lowest BCUT2D eigenvalue weighted by Gasteiger charge is -2.10. The minimum absolute atomic E-state index is 0.347. The molecule has 2 rings (SSSR count). The molecule has 0 radical (unpaired) electrons. The van der Waals surface area contributed by atoms with Gasteiger partial charge in [-0.05, 0) is 37.6 Å². The molecule has 0 amide bonds. The number of aryl methyl sites for hydroxylation is 3. The van der Waals surface area contributed by atoms with Crippen molar-refractivity contribution in [2.24, 2.45) is 7.05 Å². The quantitative estimate of drug-likeness (QED) is 0.888. The molecule has 1 atom stereocenters. The number of hydrogen-bond acceptors (Lipinski definition) is 3. The summed E-state index contributed by atoms with van der Waals surface area (Å²) in [5, 5.41) is 17.1. The number of aromatic nitrogens is 2. The first-order valence-corrected chi connectivity index (χ1v) is 7.72. The molecule has 0 spiro atoms. The summed E-state index contributed by atoms with van der Waals surface area (Å²) in [4.78, 5) is 1.38. The maximum absolute atomic E-state index is 10.1. The SMILES string of the molecule is Cc1nn(C)c(Cl)c1CC(O)CCCc1cccs1. The van der Waals surface area contributed by atoms with Crippen LogP contribution in [0.4, 0.5) is 0 Å². The van der Waals surface area contributed by atoms with Crippen molar-refractivity contribution in [3.63, 3.8) is 0 Å². The van der Waals surface area contributed by atoms with Crippen LogP contribution < -0.4 is 0 Å². The zero-order valence-corrected chi connectivity index (χ0v) is 12.8. The van der Waals surface area contributed by atoms with Gasteiger partial charge in [-0.2, -0.15) is 5.10 Å². The first-order chi connectivity index (χ1) is 9.08. The first kappa shape index (κ1) is 14.6. The van der Waals surface area contributed by atoms with E-state index >= 15 is 0 Å². The number of rotatable bonds is 6. The fraction of sp³-hybridized carbons (Fsp3) is 0.500. The number of nitrogens with zero attached hydrogens (tertiary/aromatic N) is 2. The Balaban J connectivity index is 1.82. The molecule has 1 unspecified atom stereocenters. The Kier molecular flexibility index (Phi) is 5.02. The van der Waals surface area contributed by atoms with Crippen LogP contribution in [-0.4, -0.2) is 21.0 Å². The van der Waals surface area contributed by atoms with Crippen molar-refractivity contribution in [3.8, 4) is 0 Å². The number of thiophene rings is 1. The maximum Gasteiger partial charge on any atom is 0.130 e. The summed E-state index contributed by atoms with van der Waals surface area (Å²) in [6, 6.07) is 4.20. The third-order valence-corrected chi connectivity index (χ3v) is 4.66. The highest BCUT2D eigenvalue weighted by Gasteiger charge is 2.15. The third kappa shape index (κ3) is 3.81. The van der Waals surface area contributed by atoms with Crippen LogP contribution in [-0.2, 0) is 19.9 Å². The average Bonchev–Trinajstić information content (AvgIpc) is 2.94. The van der Waals surface area contributed by atoms with Crippen LogP contribution in [0.3, 0.4) is 0 Å². The van der Waals surface area contributed by atoms with Gasteiger partial charge in [-0.1, -0.05) is 17.7 Å². The molecule has 0 saturated heterocycles. The van der Waals surface area contributed by atoms with E-state index in [1.807, 2.05) is 14.0 Å². The Morgan fingerprint density at radius 3 is 2.89 bits per heavy atom. The topological polar surface area (TPSA) is 38.0 Å². The van der Waals surface area contributed by atoms with Gasteiger partial charge in [0.2, 0.25) is 0 Å². The standard InChI is InChI=1S/C14H19ClN2OS/c1-10-13(14(15)17(2)16-10)9-11(18)5-3-6-12-7-4-8-19-12/h4,7-8,11,18H,3,5-6,9H2,1-2H3. The van der Waals surface area contributed by atoms with Crippen LogP contribution in [0, 0.1) is 6.92 Å². The van der Waals surface area contributed by atoms with Crippen LogP contribution in [0.25, 0.3) is 0 Å². The van der Waals surface area contributed by atoms with Gasteiger partial charge in [0.05, 0.1) is 11.8 Å². The second kappa shape index (κ2) is 6.55. The molecule has 104 valence electrons. The lowest BCUT2D eigenvalue weighted by atomic mass is 10.0. The monoisotopic (exact) mass is 298 g/mol. The minimum Gasteiger partial charge on any atom is -0.393 e. The summed E-state index contributed by atoms with van der Waals surface area (Å²) >= 11 is 7.94. The van der Waals surface area contributed by atoms with Crippen molar-refractivity contribution >= 4 is 22.9 Å². The molecule has 0 aliphatic carbocycles. The van der Waals surface area contributed by atoms with E-state index in [1.165, 1.54) is 4.88 Å². The highest BCUT2D eigenvalue weighted by molar-refractivity contribution is 7.09. The molecule has 0 bridgehead atoms. The van der Waals surface area contributed by atoms with Gasteiger partial charge in [0, 0.05) is 23.9 Å². The van der Waals surface area contributed by atoms with Crippen molar-refractivity contribution in [1.82, 2.24) is 9.78 Å².